The van der Waals surface area contributed by atoms with Crippen molar-refractivity contribution < 1.29 is 14.3 Å². The summed E-state index contributed by atoms with van der Waals surface area (Å²) in [6.07, 6.45) is 5.47. The molecule has 3 unspecified atom stereocenters. The van der Waals surface area contributed by atoms with E-state index in [-0.39, 0.29) is 5.91 Å². The molecule has 0 aliphatic heterocycles. The van der Waals surface area contributed by atoms with Gasteiger partial charge in [-0.1, -0.05) is 6.42 Å². The maximum atomic E-state index is 12.2. The third-order valence-electron chi connectivity index (χ3n) is 5.86. The molecule has 3 N–H and O–H groups in total. The molecule has 2 fully saturated rings. The van der Waals surface area contributed by atoms with Crippen LogP contribution in [0.15, 0.2) is 30.3 Å². The molecule has 1 aromatic heterocycles. The summed E-state index contributed by atoms with van der Waals surface area (Å²) in [5, 5.41) is 6.87. The molecular formula is C20H24N4O3. The fraction of sp³-hybridized carbons (Fsp3) is 0.450. The second kappa shape index (κ2) is 7.42. The molecule has 1 aromatic carbocycles. The number of H-pyrrole nitrogens is 1. The number of aromatic amines is 1. The molecule has 142 valence electrons. The van der Waals surface area contributed by atoms with Gasteiger partial charge in [-0.25, -0.2) is 0 Å². The Labute approximate surface area is 157 Å². The lowest BCUT2D eigenvalue weighted by Gasteiger charge is -2.20. The number of methoxy groups -OCH3 is 1. The lowest BCUT2D eigenvalue weighted by Crippen LogP contribution is -2.42. The van der Waals surface area contributed by atoms with Gasteiger partial charge in [0.2, 0.25) is 5.91 Å². The SMILES string of the molecule is COc1ccc(-c2cc(C(=O)NNC(=O)CC3CC4CCC3C4)[nH]n2)cc1. The molecule has 7 heteroatoms. The first kappa shape index (κ1) is 17.6. The minimum Gasteiger partial charge on any atom is -0.497 e. The molecule has 2 aromatic rings. The molecule has 4 rings (SSSR count). The van der Waals surface area contributed by atoms with Crippen molar-refractivity contribution in [2.45, 2.75) is 32.1 Å². The summed E-state index contributed by atoms with van der Waals surface area (Å²) in [7, 11) is 1.61. The molecule has 1 heterocycles. The largest absolute Gasteiger partial charge is 0.497 e. The summed E-state index contributed by atoms with van der Waals surface area (Å²) >= 11 is 0. The molecule has 2 saturated carbocycles. The van der Waals surface area contributed by atoms with Crippen LogP contribution in [-0.4, -0.2) is 29.1 Å². The van der Waals surface area contributed by atoms with Crippen LogP contribution in [0.2, 0.25) is 0 Å². The summed E-state index contributed by atoms with van der Waals surface area (Å²) in [5.41, 5.74) is 6.81. The van der Waals surface area contributed by atoms with Crippen LogP contribution in [0.4, 0.5) is 0 Å². The highest BCUT2D eigenvalue weighted by Crippen LogP contribution is 2.49. The molecule has 3 atom stereocenters. The molecule has 2 aliphatic carbocycles. The number of amides is 2. The van der Waals surface area contributed by atoms with E-state index in [1.807, 2.05) is 24.3 Å². The Kier molecular flexibility index (Phi) is 4.83. The maximum absolute atomic E-state index is 12.2. The van der Waals surface area contributed by atoms with Crippen molar-refractivity contribution in [1.29, 1.82) is 0 Å². The van der Waals surface area contributed by atoms with E-state index in [1.54, 1.807) is 13.2 Å². The van der Waals surface area contributed by atoms with E-state index >= 15 is 0 Å². The number of carbonyl (C=O) groups excluding carboxylic acids is 2. The molecule has 0 saturated heterocycles. The molecule has 2 bridgehead atoms. The minimum absolute atomic E-state index is 0.129. The van der Waals surface area contributed by atoms with Crippen LogP contribution < -0.4 is 15.6 Å². The third kappa shape index (κ3) is 3.82. The van der Waals surface area contributed by atoms with Gasteiger partial charge in [0, 0.05) is 12.0 Å². The highest BCUT2D eigenvalue weighted by molar-refractivity contribution is 5.94. The zero-order valence-corrected chi connectivity index (χ0v) is 15.3. The third-order valence-corrected chi connectivity index (χ3v) is 5.86. The first-order valence-corrected chi connectivity index (χ1v) is 9.41. The number of benzene rings is 1. The van der Waals surface area contributed by atoms with Crippen molar-refractivity contribution >= 4 is 11.8 Å². The number of carbonyl (C=O) groups is 2. The summed E-state index contributed by atoms with van der Waals surface area (Å²) < 4.78 is 5.13. The summed E-state index contributed by atoms with van der Waals surface area (Å²) in [5.74, 6) is 2.18. The van der Waals surface area contributed by atoms with Gasteiger partial charge in [0.05, 0.1) is 12.8 Å². The van der Waals surface area contributed by atoms with Gasteiger partial charge in [0.25, 0.3) is 5.91 Å². The topological polar surface area (TPSA) is 96.1 Å². The van der Waals surface area contributed by atoms with Crippen LogP contribution in [0.25, 0.3) is 11.3 Å². The van der Waals surface area contributed by atoms with E-state index in [0.717, 1.165) is 23.7 Å². The molecule has 2 amide bonds. The predicted octanol–water partition coefficient (Wildman–Crippen LogP) is 2.67. The van der Waals surface area contributed by atoms with E-state index in [0.29, 0.717) is 29.6 Å². The molecule has 0 spiro atoms. The Morgan fingerprint density at radius 3 is 2.67 bits per heavy atom. The Balaban J connectivity index is 1.29. The zero-order chi connectivity index (χ0) is 18.8. The number of hydrogen-bond donors (Lipinski definition) is 3. The zero-order valence-electron chi connectivity index (χ0n) is 15.3. The second-order valence-electron chi connectivity index (χ2n) is 7.54. The number of nitrogens with zero attached hydrogens (tertiary/aromatic N) is 1. The van der Waals surface area contributed by atoms with E-state index in [9.17, 15) is 9.59 Å². The molecule has 0 radical (unpaired) electrons. The van der Waals surface area contributed by atoms with E-state index in [4.69, 9.17) is 4.74 Å². The fourth-order valence-electron chi connectivity index (χ4n) is 4.46. The number of nitrogens with one attached hydrogen (secondary N) is 3. The Morgan fingerprint density at radius 1 is 1.19 bits per heavy atom. The Hall–Kier alpha value is -2.83. The molecule has 27 heavy (non-hydrogen) atoms. The predicted molar refractivity (Wildman–Crippen MR) is 99.7 cm³/mol. The van der Waals surface area contributed by atoms with Crippen LogP contribution in [0.5, 0.6) is 5.75 Å². The molecule has 7 nitrogen and oxygen atoms in total. The monoisotopic (exact) mass is 368 g/mol. The van der Waals surface area contributed by atoms with Crippen LogP contribution in [-0.2, 0) is 4.79 Å². The van der Waals surface area contributed by atoms with E-state index in [1.165, 1.54) is 19.3 Å². The number of fused-ring (bicyclic) bond motifs is 2. The lowest BCUT2D eigenvalue weighted by molar-refractivity contribution is -0.123. The van der Waals surface area contributed by atoms with Crippen molar-refractivity contribution in [2.75, 3.05) is 7.11 Å². The van der Waals surface area contributed by atoms with Crippen molar-refractivity contribution in [3.8, 4) is 17.0 Å². The first-order chi connectivity index (χ1) is 13.1. The van der Waals surface area contributed by atoms with E-state index < -0.39 is 5.91 Å². The van der Waals surface area contributed by atoms with Crippen molar-refractivity contribution in [3.05, 3.63) is 36.0 Å². The Bertz CT molecular complexity index is 830. The fourth-order valence-corrected chi connectivity index (χ4v) is 4.46. The van der Waals surface area contributed by atoms with Crippen LogP contribution in [0.3, 0.4) is 0 Å². The maximum Gasteiger partial charge on any atom is 0.287 e. The molecule has 2 aliphatic rings. The van der Waals surface area contributed by atoms with Gasteiger partial charge in [0.15, 0.2) is 0 Å². The average molecular weight is 368 g/mol. The Morgan fingerprint density at radius 2 is 2.00 bits per heavy atom. The first-order valence-electron chi connectivity index (χ1n) is 9.41. The smallest absolute Gasteiger partial charge is 0.287 e. The average Bonchev–Trinajstić information content (AvgIpc) is 3.43. The quantitative estimate of drug-likeness (QED) is 0.707. The number of hydrazine groups is 1. The van der Waals surface area contributed by atoms with Gasteiger partial charge in [-0.2, -0.15) is 5.10 Å². The number of aromatic nitrogens is 2. The summed E-state index contributed by atoms with van der Waals surface area (Å²) in [6, 6.07) is 9.06. The lowest BCUT2D eigenvalue weighted by atomic mass is 9.86. The standard InChI is InChI=1S/C20H24N4O3/c1-27-16-6-4-13(5-7-16)17-11-18(22-21-17)20(26)24-23-19(25)10-15-9-12-2-3-14(15)8-12/h4-7,11-12,14-15H,2-3,8-10H2,1H3,(H,21,22)(H,23,25)(H,24,26). The van der Waals surface area contributed by atoms with Gasteiger partial charge in [-0.05, 0) is 67.3 Å². The van der Waals surface area contributed by atoms with Gasteiger partial charge in [-0.15, -0.1) is 0 Å². The number of hydrogen-bond acceptors (Lipinski definition) is 4. The van der Waals surface area contributed by atoms with Crippen LogP contribution >= 0.6 is 0 Å². The number of ether oxygens (including phenoxy) is 1. The van der Waals surface area contributed by atoms with Crippen molar-refractivity contribution in [2.24, 2.45) is 17.8 Å². The van der Waals surface area contributed by atoms with Crippen LogP contribution in [0, 0.1) is 17.8 Å². The van der Waals surface area contributed by atoms with Gasteiger partial charge < -0.3 is 4.74 Å². The van der Waals surface area contributed by atoms with Gasteiger partial charge in [-0.3, -0.25) is 25.5 Å². The van der Waals surface area contributed by atoms with Gasteiger partial charge >= 0.3 is 0 Å². The highest BCUT2D eigenvalue weighted by Gasteiger charge is 2.40. The van der Waals surface area contributed by atoms with Crippen molar-refractivity contribution in [1.82, 2.24) is 21.0 Å². The number of rotatable bonds is 5. The second-order valence-corrected chi connectivity index (χ2v) is 7.54. The normalized spacial score (nSPS) is 23.2. The summed E-state index contributed by atoms with van der Waals surface area (Å²) in [6.45, 7) is 0. The van der Waals surface area contributed by atoms with E-state index in [2.05, 4.69) is 21.0 Å². The van der Waals surface area contributed by atoms with Crippen LogP contribution in [0.1, 0.15) is 42.6 Å². The van der Waals surface area contributed by atoms with Gasteiger partial charge in [0.1, 0.15) is 11.4 Å². The highest BCUT2D eigenvalue weighted by atomic mass is 16.5. The van der Waals surface area contributed by atoms with Crippen molar-refractivity contribution in [3.63, 3.8) is 0 Å². The minimum atomic E-state index is -0.413. The molecular weight excluding hydrogens is 344 g/mol. The summed E-state index contributed by atoms with van der Waals surface area (Å²) in [4.78, 5) is 24.4.